The maximum Gasteiger partial charge on any atom is 0.225 e. The number of rotatable bonds is 6. The number of piperazine rings is 1. The van der Waals surface area contributed by atoms with Crippen LogP contribution in [0.3, 0.4) is 0 Å². The number of nitrogens with zero attached hydrogens (tertiary/aromatic N) is 3. The van der Waals surface area contributed by atoms with Gasteiger partial charge in [0.05, 0.1) is 12.6 Å². The molecule has 0 aromatic rings. The molecule has 0 aromatic carbocycles. The molecule has 3 N–H and O–H groups in total. The highest BCUT2D eigenvalue weighted by Crippen LogP contribution is 2.26. The van der Waals surface area contributed by atoms with Gasteiger partial charge in [-0.1, -0.05) is 12.8 Å². The molecule has 7 nitrogen and oxygen atoms in total. The van der Waals surface area contributed by atoms with Crippen molar-refractivity contribution in [1.29, 1.82) is 0 Å². The van der Waals surface area contributed by atoms with E-state index >= 15 is 0 Å². The number of amides is 1. The molecule has 1 heterocycles. The summed E-state index contributed by atoms with van der Waals surface area (Å²) in [6.45, 7) is 8.28. The van der Waals surface area contributed by atoms with Gasteiger partial charge in [-0.15, -0.1) is 24.0 Å². The van der Waals surface area contributed by atoms with Crippen molar-refractivity contribution in [1.82, 2.24) is 20.4 Å². The second-order valence-corrected chi connectivity index (χ2v) is 8.56. The molecule has 0 aromatic heterocycles. The van der Waals surface area contributed by atoms with Crippen LogP contribution < -0.4 is 10.6 Å². The van der Waals surface area contributed by atoms with E-state index in [2.05, 4.69) is 27.4 Å². The molecule has 0 unspecified atom stereocenters. The maximum absolute atomic E-state index is 12.5. The SMILES string of the molecule is CCNC(=NCCN1CCN(C(=O)C2CCCC2)CC1)NC1CCC(O)CC1.I. The molecule has 3 fully saturated rings. The molecule has 1 saturated heterocycles. The summed E-state index contributed by atoms with van der Waals surface area (Å²) in [5.41, 5.74) is 0. The number of nitrogens with one attached hydrogen (secondary N) is 2. The first-order valence-electron chi connectivity index (χ1n) is 11.4. The standard InChI is InChI=1S/C21H39N5O2.HI/c1-2-22-21(24-18-7-9-19(27)10-8-18)23-11-12-25-13-15-26(16-14-25)20(28)17-5-3-4-6-17;/h17-19,27H,2-16H2,1H3,(H2,22,23,24);1H. The zero-order valence-electron chi connectivity index (χ0n) is 17.9. The summed E-state index contributed by atoms with van der Waals surface area (Å²) in [6.07, 6.45) is 8.25. The van der Waals surface area contributed by atoms with E-state index in [1.54, 1.807) is 0 Å². The predicted molar refractivity (Wildman–Crippen MR) is 128 cm³/mol. The van der Waals surface area contributed by atoms with Crippen molar-refractivity contribution in [3.05, 3.63) is 0 Å². The average molecular weight is 521 g/mol. The average Bonchev–Trinajstić information content (AvgIpc) is 3.25. The molecule has 0 atom stereocenters. The largest absolute Gasteiger partial charge is 0.393 e. The molecule has 0 spiro atoms. The summed E-state index contributed by atoms with van der Waals surface area (Å²) >= 11 is 0. The Labute approximate surface area is 193 Å². The van der Waals surface area contributed by atoms with Crippen molar-refractivity contribution in [2.24, 2.45) is 10.9 Å². The van der Waals surface area contributed by atoms with Gasteiger partial charge in [-0.25, -0.2) is 0 Å². The van der Waals surface area contributed by atoms with Gasteiger partial charge >= 0.3 is 0 Å². The third kappa shape index (κ3) is 7.86. The smallest absolute Gasteiger partial charge is 0.225 e. The number of carbonyl (C=O) groups is 1. The van der Waals surface area contributed by atoms with Crippen molar-refractivity contribution in [3.8, 4) is 0 Å². The van der Waals surface area contributed by atoms with Gasteiger partial charge in [-0.3, -0.25) is 14.7 Å². The van der Waals surface area contributed by atoms with Crippen LogP contribution in [0.4, 0.5) is 0 Å². The fourth-order valence-electron chi connectivity index (χ4n) is 4.66. The highest BCUT2D eigenvalue weighted by molar-refractivity contribution is 14.0. The van der Waals surface area contributed by atoms with E-state index in [1.165, 1.54) is 12.8 Å². The first-order valence-corrected chi connectivity index (χ1v) is 11.4. The molecule has 1 amide bonds. The molecule has 0 radical (unpaired) electrons. The second kappa shape index (κ2) is 12.9. The number of carbonyl (C=O) groups excluding carboxylic acids is 1. The summed E-state index contributed by atoms with van der Waals surface area (Å²) in [4.78, 5) is 21.8. The summed E-state index contributed by atoms with van der Waals surface area (Å²) in [5.74, 6) is 1.58. The van der Waals surface area contributed by atoms with E-state index < -0.39 is 0 Å². The molecule has 3 aliphatic rings. The van der Waals surface area contributed by atoms with Gasteiger partial charge in [0.25, 0.3) is 0 Å². The van der Waals surface area contributed by atoms with Gasteiger partial charge in [-0.2, -0.15) is 0 Å². The summed E-state index contributed by atoms with van der Waals surface area (Å²) in [7, 11) is 0. The van der Waals surface area contributed by atoms with Gasteiger partial charge < -0.3 is 20.6 Å². The van der Waals surface area contributed by atoms with Crippen molar-refractivity contribution < 1.29 is 9.90 Å². The van der Waals surface area contributed by atoms with Crippen LogP contribution in [0.2, 0.25) is 0 Å². The Balaban J connectivity index is 0.00000300. The molecule has 29 heavy (non-hydrogen) atoms. The number of hydrogen-bond acceptors (Lipinski definition) is 4. The number of guanidine groups is 1. The fraction of sp³-hybridized carbons (Fsp3) is 0.905. The lowest BCUT2D eigenvalue weighted by Gasteiger charge is -2.35. The fourth-order valence-corrected chi connectivity index (χ4v) is 4.66. The lowest BCUT2D eigenvalue weighted by atomic mass is 9.93. The minimum atomic E-state index is -0.128. The van der Waals surface area contributed by atoms with Crippen molar-refractivity contribution >= 4 is 35.8 Å². The molecule has 2 aliphatic carbocycles. The molecular weight excluding hydrogens is 481 g/mol. The van der Waals surface area contributed by atoms with Crippen LogP contribution in [0.15, 0.2) is 4.99 Å². The summed E-state index contributed by atoms with van der Waals surface area (Å²) in [6, 6.07) is 0.409. The van der Waals surface area contributed by atoms with Crippen LogP contribution >= 0.6 is 24.0 Å². The molecule has 2 saturated carbocycles. The third-order valence-electron chi connectivity index (χ3n) is 6.46. The quantitative estimate of drug-likeness (QED) is 0.282. The van der Waals surface area contributed by atoms with E-state index in [0.717, 1.165) is 90.3 Å². The lowest BCUT2D eigenvalue weighted by molar-refractivity contribution is -0.137. The Bertz CT molecular complexity index is 511. The molecule has 0 bridgehead atoms. The normalized spacial score (nSPS) is 26.8. The van der Waals surface area contributed by atoms with Crippen molar-refractivity contribution in [2.75, 3.05) is 45.8 Å². The molecular formula is C21H40IN5O2. The Kier molecular flexibility index (Phi) is 11.0. The van der Waals surface area contributed by atoms with E-state index in [4.69, 9.17) is 4.99 Å². The number of aliphatic hydroxyl groups is 1. The van der Waals surface area contributed by atoms with Gasteiger partial charge in [0.1, 0.15) is 0 Å². The Morgan fingerprint density at radius 3 is 2.31 bits per heavy atom. The van der Waals surface area contributed by atoms with Crippen LogP contribution in [0.1, 0.15) is 58.3 Å². The summed E-state index contributed by atoms with van der Waals surface area (Å²) in [5, 5.41) is 16.5. The van der Waals surface area contributed by atoms with E-state index in [0.29, 0.717) is 17.9 Å². The second-order valence-electron chi connectivity index (χ2n) is 8.56. The van der Waals surface area contributed by atoms with E-state index in [1.807, 2.05) is 0 Å². The Morgan fingerprint density at radius 2 is 1.69 bits per heavy atom. The van der Waals surface area contributed by atoms with Crippen LogP contribution in [0.5, 0.6) is 0 Å². The Morgan fingerprint density at radius 1 is 1.03 bits per heavy atom. The van der Waals surface area contributed by atoms with Crippen molar-refractivity contribution in [2.45, 2.75) is 70.4 Å². The summed E-state index contributed by atoms with van der Waals surface area (Å²) < 4.78 is 0. The van der Waals surface area contributed by atoms with Gasteiger partial charge in [0.15, 0.2) is 5.96 Å². The van der Waals surface area contributed by atoms with Gasteiger partial charge in [-0.05, 0) is 45.4 Å². The molecule has 1 aliphatic heterocycles. The van der Waals surface area contributed by atoms with E-state index in [-0.39, 0.29) is 30.1 Å². The van der Waals surface area contributed by atoms with Crippen molar-refractivity contribution in [3.63, 3.8) is 0 Å². The minimum Gasteiger partial charge on any atom is -0.393 e. The minimum absolute atomic E-state index is 0. The van der Waals surface area contributed by atoms with Crippen LogP contribution in [0, 0.1) is 5.92 Å². The predicted octanol–water partition coefficient (Wildman–Crippen LogP) is 1.80. The first kappa shape index (κ1) is 24.7. The number of aliphatic hydroxyl groups excluding tert-OH is 1. The number of aliphatic imine (C=N–C) groups is 1. The van der Waals surface area contributed by atoms with E-state index in [9.17, 15) is 9.90 Å². The first-order chi connectivity index (χ1) is 13.7. The number of halogens is 1. The topological polar surface area (TPSA) is 80.2 Å². The Hall–Kier alpha value is -0.610. The lowest BCUT2D eigenvalue weighted by Crippen LogP contribution is -2.50. The molecule has 168 valence electrons. The van der Waals surface area contributed by atoms with Crippen LogP contribution in [-0.2, 0) is 4.79 Å². The van der Waals surface area contributed by atoms with Crippen LogP contribution in [-0.4, -0.2) is 84.7 Å². The number of hydrogen-bond donors (Lipinski definition) is 3. The molecule has 8 heteroatoms. The molecule has 3 rings (SSSR count). The highest BCUT2D eigenvalue weighted by atomic mass is 127. The zero-order valence-corrected chi connectivity index (χ0v) is 20.3. The van der Waals surface area contributed by atoms with Crippen LogP contribution in [0.25, 0.3) is 0 Å². The third-order valence-corrected chi connectivity index (χ3v) is 6.46. The monoisotopic (exact) mass is 521 g/mol. The van der Waals surface area contributed by atoms with Gasteiger partial charge in [0, 0.05) is 51.2 Å². The highest BCUT2D eigenvalue weighted by Gasteiger charge is 2.29. The maximum atomic E-state index is 12.5. The zero-order chi connectivity index (χ0) is 19.8. The van der Waals surface area contributed by atoms with Gasteiger partial charge in [0.2, 0.25) is 5.91 Å².